The average Bonchev–Trinajstić information content (AvgIpc) is 3.24. The van der Waals surface area contributed by atoms with Crippen molar-refractivity contribution < 1.29 is 9.47 Å². The molecule has 0 amide bonds. The Morgan fingerprint density at radius 1 is 0.690 bits per heavy atom. The highest BCUT2D eigenvalue weighted by Gasteiger charge is 2.64. The highest BCUT2D eigenvalue weighted by molar-refractivity contribution is 6.52. The zero-order valence-corrected chi connectivity index (χ0v) is 19.1. The molecular formula is C23H30Cl2N2O2. The number of hydrogen-bond acceptors (Lipinski definition) is 4. The number of alkyl halides is 2. The third kappa shape index (κ3) is 5.79. The normalized spacial score (nSPS) is 20.1. The van der Waals surface area contributed by atoms with Crippen molar-refractivity contribution in [1.29, 1.82) is 0 Å². The van der Waals surface area contributed by atoms with Gasteiger partial charge in [-0.05, 0) is 63.6 Å². The van der Waals surface area contributed by atoms with Crippen molar-refractivity contribution in [2.45, 2.75) is 16.2 Å². The minimum Gasteiger partial charge on any atom is -0.492 e. The first-order valence-electron chi connectivity index (χ1n) is 9.92. The molecule has 2 aromatic carbocycles. The Labute approximate surface area is 184 Å². The molecule has 4 nitrogen and oxygen atoms in total. The summed E-state index contributed by atoms with van der Waals surface area (Å²) in [4.78, 5) is 4.19. The van der Waals surface area contributed by atoms with E-state index in [0.717, 1.165) is 35.7 Å². The van der Waals surface area contributed by atoms with Crippen LogP contribution in [0.25, 0.3) is 0 Å². The predicted octanol–water partition coefficient (Wildman–Crippen LogP) is 4.62. The average molecular weight is 437 g/mol. The molecule has 0 spiro atoms. The van der Waals surface area contributed by atoms with E-state index in [2.05, 4.69) is 34.1 Å². The van der Waals surface area contributed by atoms with Crippen molar-refractivity contribution in [1.82, 2.24) is 9.80 Å². The first-order valence-corrected chi connectivity index (χ1v) is 10.7. The quantitative estimate of drug-likeness (QED) is 0.507. The summed E-state index contributed by atoms with van der Waals surface area (Å²) in [6.07, 6.45) is 0. The Hall–Kier alpha value is -1.46. The second-order valence-electron chi connectivity index (χ2n) is 8.07. The fourth-order valence-corrected chi connectivity index (χ4v) is 4.27. The lowest BCUT2D eigenvalue weighted by molar-refractivity contribution is 0.261. The lowest BCUT2D eigenvalue weighted by Crippen LogP contribution is -2.19. The topological polar surface area (TPSA) is 24.9 Å². The number of halogens is 2. The third-order valence-corrected chi connectivity index (χ3v) is 6.09. The SMILES string of the molecule is CN(C)CCOc1ccc(C2C(c3ccc(OCCN(C)C)cc3)C2(Cl)Cl)cc1. The van der Waals surface area contributed by atoms with Crippen molar-refractivity contribution in [3.8, 4) is 11.5 Å². The van der Waals surface area contributed by atoms with Crippen LogP contribution >= 0.6 is 23.2 Å². The van der Waals surface area contributed by atoms with Crippen LogP contribution in [0.5, 0.6) is 11.5 Å². The van der Waals surface area contributed by atoms with Crippen LogP contribution in [-0.2, 0) is 0 Å². The Bertz CT molecular complexity index is 711. The van der Waals surface area contributed by atoms with E-state index in [4.69, 9.17) is 32.7 Å². The van der Waals surface area contributed by atoms with Gasteiger partial charge in [-0.3, -0.25) is 0 Å². The Morgan fingerprint density at radius 3 is 1.34 bits per heavy atom. The molecule has 2 unspecified atom stereocenters. The Kier molecular flexibility index (Phi) is 7.33. The van der Waals surface area contributed by atoms with Crippen molar-refractivity contribution in [2.24, 2.45) is 0 Å². The van der Waals surface area contributed by atoms with Gasteiger partial charge in [0, 0.05) is 24.9 Å². The molecule has 0 radical (unpaired) electrons. The minimum absolute atomic E-state index is 0.0715. The molecule has 1 saturated carbocycles. The third-order valence-electron chi connectivity index (χ3n) is 5.15. The maximum Gasteiger partial charge on any atom is 0.133 e. The van der Waals surface area contributed by atoms with Crippen LogP contribution in [0, 0.1) is 0 Å². The molecule has 2 aromatic rings. The zero-order valence-electron chi connectivity index (χ0n) is 17.6. The van der Waals surface area contributed by atoms with Crippen LogP contribution in [-0.4, -0.2) is 68.6 Å². The number of rotatable bonds is 10. The van der Waals surface area contributed by atoms with E-state index in [-0.39, 0.29) is 11.8 Å². The van der Waals surface area contributed by atoms with Crippen molar-refractivity contribution in [3.05, 3.63) is 59.7 Å². The van der Waals surface area contributed by atoms with E-state index in [1.54, 1.807) is 0 Å². The van der Waals surface area contributed by atoms with Gasteiger partial charge >= 0.3 is 0 Å². The van der Waals surface area contributed by atoms with Gasteiger partial charge in [-0.1, -0.05) is 24.3 Å². The summed E-state index contributed by atoms with van der Waals surface area (Å²) in [5, 5.41) is 0. The fraction of sp³-hybridized carbons (Fsp3) is 0.478. The molecule has 29 heavy (non-hydrogen) atoms. The van der Waals surface area contributed by atoms with Crippen LogP contribution in [0.3, 0.4) is 0 Å². The highest BCUT2D eigenvalue weighted by atomic mass is 35.5. The first kappa shape index (κ1) is 22.2. The minimum atomic E-state index is -0.791. The molecular weight excluding hydrogens is 407 g/mol. The molecule has 2 atom stereocenters. The van der Waals surface area contributed by atoms with Gasteiger partial charge in [0.2, 0.25) is 0 Å². The molecule has 0 heterocycles. The number of likely N-dealkylation sites (N-methyl/N-ethyl adjacent to an activating group) is 2. The van der Waals surface area contributed by atoms with Crippen LogP contribution < -0.4 is 9.47 Å². The number of nitrogens with zero attached hydrogens (tertiary/aromatic N) is 2. The summed E-state index contributed by atoms with van der Waals surface area (Å²) < 4.78 is 10.8. The van der Waals surface area contributed by atoms with Gasteiger partial charge in [0.1, 0.15) is 29.0 Å². The van der Waals surface area contributed by atoms with E-state index in [0.29, 0.717) is 13.2 Å². The lowest BCUT2D eigenvalue weighted by Gasteiger charge is -2.11. The number of hydrogen-bond donors (Lipinski definition) is 0. The standard InChI is InChI=1S/C23H30Cl2N2O2/c1-26(2)13-15-28-19-9-5-17(6-10-19)21-22(23(21,24)25)18-7-11-20(12-8-18)29-16-14-27(3)4/h5-12,21-22H,13-16H2,1-4H3. The summed E-state index contributed by atoms with van der Waals surface area (Å²) in [6.45, 7) is 3.09. The number of benzene rings is 2. The van der Waals surface area contributed by atoms with Gasteiger partial charge in [-0.25, -0.2) is 0 Å². The molecule has 6 heteroatoms. The van der Waals surface area contributed by atoms with E-state index in [9.17, 15) is 0 Å². The van der Waals surface area contributed by atoms with Gasteiger partial charge in [-0.15, -0.1) is 23.2 Å². The van der Waals surface area contributed by atoms with Crippen molar-refractivity contribution in [3.63, 3.8) is 0 Å². The Morgan fingerprint density at radius 2 is 1.03 bits per heavy atom. The highest BCUT2D eigenvalue weighted by Crippen LogP contribution is 2.70. The second kappa shape index (κ2) is 9.57. The maximum absolute atomic E-state index is 6.65. The molecule has 1 fully saturated rings. The summed E-state index contributed by atoms with van der Waals surface area (Å²) in [5.41, 5.74) is 2.26. The predicted molar refractivity (Wildman–Crippen MR) is 121 cm³/mol. The first-order chi connectivity index (χ1) is 13.8. The molecule has 3 rings (SSSR count). The second-order valence-corrected chi connectivity index (χ2v) is 9.52. The molecule has 0 aromatic heterocycles. The fourth-order valence-electron chi connectivity index (χ4n) is 3.39. The molecule has 158 valence electrons. The molecule has 1 aliphatic rings. The summed E-state index contributed by atoms with van der Waals surface area (Å²) in [7, 11) is 8.12. The van der Waals surface area contributed by atoms with Crippen LogP contribution in [0.4, 0.5) is 0 Å². The summed E-state index contributed by atoms with van der Waals surface area (Å²) in [6, 6.07) is 16.2. The van der Waals surface area contributed by atoms with Gasteiger partial charge in [-0.2, -0.15) is 0 Å². The Balaban J connectivity index is 1.60. The number of ether oxygens (including phenoxy) is 2. The summed E-state index contributed by atoms with van der Waals surface area (Å²) in [5.74, 6) is 1.87. The molecule has 1 aliphatic carbocycles. The zero-order chi connectivity index (χ0) is 21.0. The van der Waals surface area contributed by atoms with Crippen LogP contribution in [0.2, 0.25) is 0 Å². The summed E-state index contributed by atoms with van der Waals surface area (Å²) >= 11 is 13.3. The van der Waals surface area contributed by atoms with Gasteiger partial charge in [0.15, 0.2) is 0 Å². The van der Waals surface area contributed by atoms with E-state index in [1.807, 2.05) is 52.5 Å². The lowest BCUT2D eigenvalue weighted by atomic mass is 10.0. The van der Waals surface area contributed by atoms with Crippen LogP contribution in [0.1, 0.15) is 23.0 Å². The molecule has 0 saturated heterocycles. The molecule has 0 bridgehead atoms. The van der Waals surface area contributed by atoms with E-state index >= 15 is 0 Å². The maximum atomic E-state index is 6.65. The van der Waals surface area contributed by atoms with Crippen LogP contribution in [0.15, 0.2) is 48.5 Å². The van der Waals surface area contributed by atoms with E-state index in [1.165, 1.54) is 0 Å². The van der Waals surface area contributed by atoms with Crippen molar-refractivity contribution >= 4 is 23.2 Å². The van der Waals surface area contributed by atoms with Gasteiger partial charge in [0.25, 0.3) is 0 Å². The van der Waals surface area contributed by atoms with E-state index < -0.39 is 4.33 Å². The largest absolute Gasteiger partial charge is 0.492 e. The van der Waals surface area contributed by atoms with Crippen molar-refractivity contribution in [2.75, 3.05) is 54.5 Å². The van der Waals surface area contributed by atoms with Gasteiger partial charge < -0.3 is 19.3 Å². The monoisotopic (exact) mass is 436 g/mol. The smallest absolute Gasteiger partial charge is 0.133 e. The van der Waals surface area contributed by atoms with Gasteiger partial charge in [0.05, 0.1) is 0 Å². The molecule has 0 aliphatic heterocycles. The molecule has 0 N–H and O–H groups in total.